The Bertz CT molecular complexity index is 202. The number of halogens is 6. The van der Waals surface area contributed by atoms with E-state index >= 15 is 0 Å². The Labute approximate surface area is 90.6 Å². The maximum atomic E-state index is 12.8. The van der Waals surface area contributed by atoms with Gasteiger partial charge in [0.05, 0.1) is 0 Å². The highest BCUT2D eigenvalue weighted by atomic mass is 35.5. The summed E-state index contributed by atoms with van der Waals surface area (Å²) in [5, 5.41) is 0. The van der Waals surface area contributed by atoms with Gasteiger partial charge in [-0.2, -0.15) is 13.2 Å². The third-order valence-corrected chi connectivity index (χ3v) is 2.56. The van der Waals surface area contributed by atoms with Crippen LogP contribution in [0.3, 0.4) is 0 Å². The lowest BCUT2D eigenvalue weighted by molar-refractivity contribution is -0.171. The van der Waals surface area contributed by atoms with Crippen molar-refractivity contribution in [1.82, 2.24) is 0 Å². The summed E-state index contributed by atoms with van der Waals surface area (Å²) in [6, 6.07) is -2.12. The van der Waals surface area contributed by atoms with Crippen molar-refractivity contribution in [2.75, 3.05) is 0 Å². The first-order chi connectivity index (χ1) is 6.22. The molecule has 0 bridgehead atoms. The Hall–Kier alpha value is -0.100. The zero-order valence-corrected chi connectivity index (χ0v) is 8.68. The Morgan fingerprint density at radius 3 is 2.20 bits per heavy atom. The predicted molar refractivity (Wildman–Crippen MR) is 48.2 cm³/mol. The van der Waals surface area contributed by atoms with E-state index in [0.717, 1.165) is 0 Å². The van der Waals surface area contributed by atoms with E-state index < -0.39 is 30.5 Å². The normalized spacial score (nSPS) is 28.0. The van der Waals surface area contributed by atoms with Gasteiger partial charge in [-0.15, -0.1) is 12.4 Å². The average Bonchev–Trinajstić information content (AvgIpc) is 1.99. The van der Waals surface area contributed by atoms with Crippen LogP contribution in [0.2, 0.25) is 0 Å². The molecule has 1 aliphatic rings. The summed E-state index contributed by atoms with van der Waals surface area (Å²) in [6.07, 6.45) is -5.39. The minimum absolute atomic E-state index is 0. The molecule has 0 saturated heterocycles. The first-order valence-electron chi connectivity index (χ1n) is 4.42. The summed E-state index contributed by atoms with van der Waals surface area (Å²) in [6.45, 7) is 0. The van der Waals surface area contributed by atoms with Crippen LogP contribution in [0.4, 0.5) is 22.0 Å². The van der Waals surface area contributed by atoms with Gasteiger partial charge in [-0.05, 0) is 18.8 Å². The zero-order chi connectivity index (χ0) is 11.0. The fraction of sp³-hybridized carbons (Fsp3) is 1.00. The summed E-state index contributed by atoms with van der Waals surface area (Å²) in [7, 11) is 0. The second-order valence-corrected chi connectivity index (χ2v) is 3.78. The Balaban J connectivity index is 0.00000196. The second-order valence-electron chi connectivity index (χ2n) is 3.78. The molecule has 0 amide bonds. The Morgan fingerprint density at radius 1 is 1.27 bits per heavy atom. The van der Waals surface area contributed by atoms with Gasteiger partial charge in [-0.3, -0.25) is 0 Å². The summed E-state index contributed by atoms with van der Waals surface area (Å²) in [5.41, 5.74) is 4.89. The highest BCUT2D eigenvalue weighted by Crippen LogP contribution is 2.40. The lowest BCUT2D eigenvalue weighted by atomic mass is 9.82. The van der Waals surface area contributed by atoms with E-state index in [4.69, 9.17) is 5.73 Å². The standard InChI is InChI=1S/C8H12F5N.ClH/c9-7(10)3-1-2-5(4-7)6(14)8(11,12)13;/h5-6H,1-4,14H2;1H. The average molecular weight is 254 g/mol. The van der Waals surface area contributed by atoms with Crippen LogP contribution in [-0.4, -0.2) is 18.1 Å². The van der Waals surface area contributed by atoms with Gasteiger partial charge in [-0.25, -0.2) is 8.78 Å². The lowest BCUT2D eigenvalue weighted by Crippen LogP contribution is -2.47. The van der Waals surface area contributed by atoms with Gasteiger partial charge in [0.15, 0.2) is 0 Å². The largest absolute Gasteiger partial charge is 0.403 e. The van der Waals surface area contributed by atoms with Gasteiger partial charge in [0.25, 0.3) is 0 Å². The molecule has 2 N–H and O–H groups in total. The summed E-state index contributed by atoms with van der Waals surface area (Å²) in [5.74, 6) is -4.12. The van der Waals surface area contributed by atoms with E-state index in [-0.39, 0.29) is 31.7 Å². The van der Waals surface area contributed by atoms with Crippen molar-refractivity contribution in [3.8, 4) is 0 Å². The van der Waals surface area contributed by atoms with E-state index in [1.165, 1.54) is 0 Å². The minimum Gasteiger partial charge on any atom is -0.320 e. The van der Waals surface area contributed by atoms with Gasteiger partial charge < -0.3 is 5.73 Å². The number of alkyl halides is 5. The van der Waals surface area contributed by atoms with E-state index in [1.807, 2.05) is 0 Å². The Kier molecular flexibility index (Phi) is 4.79. The van der Waals surface area contributed by atoms with Crippen LogP contribution in [0.1, 0.15) is 25.7 Å². The highest BCUT2D eigenvalue weighted by molar-refractivity contribution is 5.85. The molecule has 0 radical (unpaired) electrons. The number of nitrogens with two attached hydrogens (primary N) is 1. The van der Waals surface area contributed by atoms with Gasteiger partial charge in [-0.1, -0.05) is 0 Å². The molecule has 1 nitrogen and oxygen atoms in total. The molecule has 7 heteroatoms. The summed E-state index contributed by atoms with van der Waals surface area (Å²) in [4.78, 5) is 0. The van der Waals surface area contributed by atoms with Crippen LogP contribution in [0.5, 0.6) is 0 Å². The van der Waals surface area contributed by atoms with Gasteiger partial charge in [0.1, 0.15) is 6.04 Å². The number of hydrogen-bond donors (Lipinski definition) is 1. The maximum Gasteiger partial charge on any atom is 0.403 e. The van der Waals surface area contributed by atoms with Crippen molar-refractivity contribution in [3.63, 3.8) is 0 Å². The van der Waals surface area contributed by atoms with Crippen LogP contribution in [0.25, 0.3) is 0 Å². The third-order valence-electron chi connectivity index (χ3n) is 2.56. The summed E-state index contributed by atoms with van der Waals surface area (Å²) >= 11 is 0. The molecule has 1 fully saturated rings. The molecule has 0 aliphatic heterocycles. The molecule has 1 saturated carbocycles. The molecule has 15 heavy (non-hydrogen) atoms. The van der Waals surface area contributed by atoms with Crippen LogP contribution >= 0.6 is 12.4 Å². The molecule has 0 aromatic rings. The topological polar surface area (TPSA) is 26.0 Å². The quantitative estimate of drug-likeness (QED) is 0.714. The second kappa shape index (κ2) is 4.82. The predicted octanol–water partition coefficient (Wildman–Crippen LogP) is 3.12. The molecule has 0 spiro atoms. The Morgan fingerprint density at radius 2 is 1.80 bits per heavy atom. The van der Waals surface area contributed by atoms with Crippen LogP contribution in [0.15, 0.2) is 0 Å². The van der Waals surface area contributed by atoms with Crippen LogP contribution < -0.4 is 5.73 Å². The molecule has 1 rings (SSSR count). The van der Waals surface area contributed by atoms with Crippen molar-refractivity contribution in [1.29, 1.82) is 0 Å². The molecule has 2 atom stereocenters. The van der Waals surface area contributed by atoms with Crippen LogP contribution in [0, 0.1) is 5.92 Å². The molecule has 1 aliphatic carbocycles. The first kappa shape index (κ1) is 14.9. The maximum absolute atomic E-state index is 12.8. The smallest absolute Gasteiger partial charge is 0.320 e. The van der Waals surface area contributed by atoms with Crippen molar-refractivity contribution in [2.45, 2.75) is 43.8 Å². The van der Waals surface area contributed by atoms with Crippen molar-refractivity contribution >= 4 is 12.4 Å². The number of hydrogen-bond acceptors (Lipinski definition) is 1. The van der Waals surface area contributed by atoms with Crippen molar-refractivity contribution in [3.05, 3.63) is 0 Å². The van der Waals surface area contributed by atoms with Gasteiger partial charge >= 0.3 is 6.18 Å². The molecule has 0 aromatic carbocycles. The fourth-order valence-electron chi connectivity index (χ4n) is 1.78. The molecule has 2 unspecified atom stereocenters. The van der Waals surface area contributed by atoms with Crippen LogP contribution in [-0.2, 0) is 0 Å². The van der Waals surface area contributed by atoms with E-state index in [0.29, 0.717) is 0 Å². The molecular formula is C8H13ClF5N. The monoisotopic (exact) mass is 253 g/mol. The molecule has 0 aromatic heterocycles. The number of rotatable bonds is 1. The van der Waals surface area contributed by atoms with E-state index in [1.54, 1.807) is 0 Å². The van der Waals surface area contributed by atoms with E-state index in [2.05, 4.69) is 0 Å². The molecular weight excluding hydrogens is 241 g/mol. The first-order valence-corrected chi connectivity index (χ1v) is 4.42. The highest BCUT2D eigenvalue weighted by Gasteiger charge is 2.47. The third kappa shape index (κ3) is 4.10. The van der Waals surface area contributed by atoms with Gasteiger partial charge in [0.2, 0.25) is 5.92 Å². The van der Waals surface area contributed by atoms with Gasteiger partial charge in [0, 0.05) is 12.8 Å². The molecule has 0 heterocycles. The van der Waals surface area contributed by atoms with E-state index in [9.17, 15) is 22.0 Å². The minimum atomic E-state index is -4.57. The van der Waals surface area contributed by atoms with Crippen molar-refractivity contribution < 1.29 is 22.0 Å². The summed E-state index contributed by atoms with van der Waals surface area (Å²) < 4.78 is 61.9. The fourth-order valence-corrected chi connectivity index (χ4v) is 1.78. The molecule has 92 valence electrons. The van der Waals surface area contributed by atoms with Crippen molar-refractivity contribution in [2.24, 2.45) is 11.7 Å². The lowest BCUT2D eigenvalue weighted by Gasteiger charge is -2.33. The SMILES string of the molecule is Cl.NC(C1CCCC(F)(F)C1)C(F)(F)F. The zero-order valence-electron chi connectivity index (χ0n) is 7.86.